The molecule has 23 heavy (non-hydrogen) atoms. The maximum absolute atomic E-state index is 5.93. The lowest BCUT2D eigenvalue weighted by atomic mass is 9.98. The van der Waals surface area contributed by atoms with Gasteiger partial charge >= 0.3 is 0 Å². The summed E-state index contributed by atoms with van der Waals surface area (Å²) in [5.74, 6) is 3.45. The van der Waals surface area contributed by atoms with Gasteiger partial charge in [-0.05, 0) is 42.0 Å². The molecule has 1 aliphatic heterocycles. The van der Waals surface area contributed by atoms with E-state index in [9.17, 15) is 0 Å². The van der Waals surface area contributed by atoms with Crippen LogP contribution in [0.25, 0.3) is 11.1 Å². The van der Waals surface area contributed by atoms with Gasteiger partial charge in [-0.15, -0.1) is 0 Å². The van der Waals surface area contributed by atoms with Crippen LogP contribution in [-0.2, 0) is 6.61 Å². The van der Waals surface area contributed by atoms with Crippen molar-refractivity contribution in [2.24, 2.45) is 11.8 Å². The standard InChI is InChI=1S/C19H24N2O2/c1-12(2)6-13(3)10-22-15-4-5-16-17-8-19(20)21-9-14(17)11-23-18(16)7-15/h4-5,7-9,12-13H,6,10-11H2,1-3H3,(H2,20,21)/t13-/m1/s1. The Morgan fingerprint density at radius 1 is 1.22 bits per heavy atom. The quantitative estimate of drug-likeness (QED) is 0.895. The number of rotatable bonds is 5. The van der Waals surface area contributed by atoms with Crippen LogP contribution in [0.2, 0.25) is 0 Å². The Morgan fingerprint density at radius 2 is 2.04 bits per heavy atom. The number of benzene rings is 1. The third-order valence-electron chi connectivity index (χ3n) is 4.04. The van der Waals surface area contributed by atoms with E-state index in [1.165, 1.54) is 6.42 Å². The zero-order valence-electron chi connectivity index (χ0n) is 14.0. The number of nitrogen functional groups attached to an aromatic ring is 1. The van der Waals surface area contributed by atoms with Gasteiger partial charge in [-0.1, -0.05) is 20.8 Å². The number of nitrogens with zero attached hydrogens (tertiary/aromatic N) is 1. The number of hydrogen-bond donors (Lipinski definition) is 1. The van der Waals surface area contributed by atoms with Crippen LogP contribution in [0.1, 0.15) is 32.8 Å². The minimum absolute atomic E-state index is 0.517. The first-order valence-corrected chi connectivity index (χ1v) is 8.17. The summed E-state index contributed by atoms with van der Waals surface area (Å²) in [6, 6.07) is 7.91. The Balaban J connectivity index is 1.76. The van der Waals surface area contributed by atoms with Crippen LogP contribution in [0.15, 0.2) is 30.5 Å². The first kappa shape index (κ1) is 15.7. The molecule has 0 spiro atoms. The van der Waals surface area contributed by atoms with E-state index in [1.54, 1.807) is 6.20 Å². The second kappa shape index (κ2) is 6.49. The Kier molecular flexibility index (Phi) is 4.42. The highest BCUT2D eigenvalue weighted by Gasteiger charge is 2.18. The summed E-state index contributed by atoms with van der Waals surface area (Å²) in [5.41, 5.74) is 9.01. The van der Waals surface area contributed by atoms with Crippen molar-refractivity contribution < 1.29 is 9.47 Å². The minimum atomic E-state index is 0.517. The van der Waals surface area contributed by atoms with Crippen LogP contribution in [0, 0.1) is 11.8 Å². The fourth-order valence-corrected chi connectivity index (χ4v) is 3.07. The zero-order chi connectivity index (χ0) is 16.4. The van der Waals surface area contributed by atoms with E-state index in [0.717, 1.165) is 34.8 Å². The molecule has 0 aliphatic carbocycles. The van der Waals surface area contributed by atoms with E-state index >= 15 is 0 Å². The molecule has 1 aromatic carbocycles. The number of hydrogen-bond acceptors (Lipinski definition) is 4. The van der Waals surface area contributed by atoms with Crippen molar-refractivity contribution >= 4 is 5.82 Å². The second-order valence-electron chi connectivity index (χ2n) is 6.76. The fraction of sp³-hybridized carbons (Fsp3) is 0.421. The minimum Gasteiger partial charge on any atom is -0.493 e. The van der Waals surface area contributed by atoms with Crippen molar-refractivity contribution in [1.82, 2.24) is 4.98 Å². The first-order chi connectivity index (χ1) is 11.0. The molecule has 1 aliphatic rings. The first-order valence-electron chi connectivity index (χ1n) is 8.17. The zero-order valence-corrected chi connectivity index (χ0v) is 14.0. The van der Waals surface area contributed by atoms with E-state index in [2.05, 4.69) is 25.8 Å². The Bertz CT molecular complexity index is 698. The monoisotopic (exact) mass is 312 g/mol. The summed E-state index contributed by atoms with van der Waals surface area (Å²) in [7, 11) is 0. The number of fused-ring (bicyclic) bond motifs is 3. The molecular formula is C19H24N2O2. The highest BCUT2D eigenvalue weighted by Crippen LogP contribution is 2.39. The summed E-state index contributed by atoms with van der Waals surface area (Å²) in [5, 5.41) is 0. The van der Waals surface area contributed by atoms with Crippen molar-refractivity contribution in [3.8, 4) is 22.6 Å². The van der Waals surface area contributed by atoms with Gasteiger partial charge in [0.2, 0.25) is 0 Å². The van der Waals surface area contributed by atoms with Crippen LogP contribution in [0.4, 0.5) is 5.82 Å². The maximum Gasteiger partial charge on any atom is 0.131 e. The van der Waals surface area contributed by atoms with Crippen LogP contribution < -0.4 is 15.2 Å². The largest absolute Gasteiger partial charge is 0.493 e. The lowest BCUT2D eigenvalue weighted by molar-refractivity contribution is 0.236. The van der Waals surface area contributed by atoms with Gasteiger partial charge in [0, 0.05) is 23.4 Å². The molecule has 1 aromatic heterocycles. The number of pyridine rings is 1. The molecule has 4 heteroatoms. The Hall–Kier alpha value is -2.23. The molecular weight excluding hydrogens is 288 g/mol. The van der Waals surface area contributed by atoms with E-state index < -0.39 is 0 Å². The van der Waals surface area contributed by atoms with Gasteiger partial charge in [-0.3, -0.25) is 0 Å². The predicted molar refractivity (Wildman–Crippen MR) is 92.5 cm³/mol. The summed E-state index contributed by atoms with van der Waals surface area (Å²) in [6.07, 6.45) is 2.95. The predicted octanol–water partition coefficient (Wildman–Crippen LogP) is 4.28. The van der Waals surface area contributed by atoms with E-state index in [-0.39, 0.29) is 0 Å². The number of ether oxygens (including phenoxy) is 2. The molecule has 3 rings (SSSR count). The molecule has 2 N–H and O–H groups in total. The van der Waals surface area contributed by atoms with Gasteiger partial charge in [0.1, 0.15) is 23.9 Å². The average molecular weight is 312 g/mol. The van der Waals surface area contributed by atoms with Crippen molar-refractivity contribution in [3.63, 3.8) is 0 Å². The van der Waals surface area contributed by atoms with Crippen molar-refractivity contribution in [3.05, 3.63) is 36.0 Å². The fourth-order valence-electron chi connectivity index (χ4n) is 3.07. The van der Waals surface area contributed by atoms with E-state index in [4.69, 9.17) is 15.2 Å². The van der Waals surface area contributed by atoms with E-state index in [0.29, 0.717) is 24.3 Å². The van der Waals surface area contributed by atoms with Crippen LogP contribution in [-0.4, -0.2) is 11.6 Å². The summed E-state index contributed by atoms with van der Waals surface area (Å²) in [4.78, 5) is 4.13. The normalized spacial score (nSPS) is 13.9. The highest BCUT2D eigenvalue weighted by atomic mass is 16.5. The molecule has 0 amide bonds. The summed E-state index contributed by atoms with van der Waals surface area (Å²) >= 11 is 0. The smallest absolute Gasteiger partial charge is 0.131 e. The number of nitrogens with two attached hydrogens (primary N) is 1. The topological polar surface area (TPSA) is 57.4 Å². The van der Waals surface area contributed by atoms with Crippen LogP contribution in [0.5, 0.6) is 11.5 Å². The molecule has 0 radical (unpaired) electrons. The summed E-state index contributed by atoms with van der Waals surface area (Å²) in [6.45, 7) is 7.94. The molecule has 1 atom stereocenters. The van der Waals surface area contributed by atoms with Gasteiger partial charge in [0.25, 0.3) is 0 Å². The molecule has 0 bridgehead atoms. The maximum atomic E-state index is 5.93. The molecule has 0 saturated heterocycles. The lowest BCUT2D eigenvalue weighted by Gasteiger charge is -2.22. The van der Waals surface area contributed by atoms with Crippen molar-refractivity contribution in [2.75, 3.05) is 12.3 Å². The van der Waals surface area contributed by atoms with Gasteiger partial charge < -0.3 is 15.2 Å². The third-order valence-corrected chi connectivity index (χ3v) is 4.04. The molecule has 0 unspecified atom stereocenters. The molecule has 0 saturated carbocycles. The molecule has 2 heterocycles. The lowest BCUT2D eigenvalue weighted by Crippen LogP contribution is -2.11. The van der Waals surface area contributed by atoms with E-state index in [1.807, 2.05) is 24.3 Å². The number of anilines is 1. The van der Waals surface area contributed by atoms with Gasteiger partial charge in [-0.25, -0.2) is 4.98 Å². The number of aromatic nitrogens is 1. The average Bonchev–Trinajstić information content (AvgIpc) is 2.51. The van der Waals surface area contributed by atoms with Crippen LogP contribution in [0.3, 0.4) is 0 Å². The second-order valence-corrected chi connectivity index (χ2v) is 6.76. The van der Waals surface area contributed by atoms with Crippen LogP contribution >= 0.6 is 0 Å². The summed E-state index contributed by atoms with van der Waals surface area (Å²) < 4.78 is 11.8. The Morgan fingerprint density at radius 3 is 2.83 bits per heavy atom. The highest BCUT2D eigenvalue weighted by molar-refractivity contribution is 5.77. The van der Waals surface area contributed by atoms with Crippen molar-refractivity contribution in [1.29, 1.82) is 0 Å². The molecule has 4 nitrogen and oxygen atoms in total. The van der Waals surface area contributed by atoms with Gasteiger partial charge in [0.05, 0.1) is 6.61 Å². The molecule has 0 fully saturated rings. The molecule has 122 valence electrons. The molecule has 2 aromatic rings. The van der Waals surface area contributed by atoms with Crippen molar-refractivity contribution in [2.45, 2.75) is 33.8 Å². The van der Waals surface area contributed by atoms with Gasteiger partial charge in [-0.2, -0.15) is 0 Å². The SMILES string of the molecule is CC(C)C[C@@H](C)COc1ccc2c(c1)OCc1cnc(N)cc1-2. The Labute approximate surface area is 137 Å². The van der Waals surface area contributed by atoms with Gasteiger partial charge in [0.15, 0.2) is 0 Å². The third kappa shape index (κ3) is 3.58.